The highest BCUT2D eigenvalue weighted by molar-refractivity contribution is 5.84. The molecular weight excluding hydrogens is 232 g/mol. The van der Waals surface area contributed by atoms with Crippen molar-refractivity contribution in [2.45, 2.75) is 19.3 Å². The Bertz CT molecular complexity index is 619. The summed E-state index contributed by atoms with van der Waals surface area (Å²) in [4.78, 5) is 0. The van der Waals surface area contributed by atoms with Crippen LogP contribution in [0.2, 0.25) is 0 Å². The Kier molecular flexibility index (Phi) is 3.48. The van der Waals surface area contributed by atoms with Gasteiger partial charge in [0, 0.05) is 0 Å². The second kappa shape index (κ2) is 5.42. The average molecular weight is 250 g/mol. The van der Waals surface area contributed by atoms with E-state index in [1.54, 1.807) is 0 Å². The summed E-state index contributed by atoms with van der Waals surface area (Å²) >= 11 is 0. The lowest BCUT2D eigenvalue weighted by molar-refractivity contribution is 0.373. The molecule has 0 radical (unpaired) electrons. The predicted molar refractivity (Wildman–Crippen MR) is 78.0 cm³/mol. The molecule has 1 heterocycles. The molecule has 0 atom stereocenters. The van der Waals surface area contributed by atoms with E-state index in [2.05, 4.69) is 35.7 Å². The molecule has 0 aromatic heterocycles. The Morgan fingerprint density at radius 1 is 1.05 bits per heavy atom. The lowest BCUT2D eigenvalue weighted by atomic mass is 9.90. The van der Waals surface area contributed by atoms with Crippen LogP contribution in [-0.2, 0) is 6.42 Å². The molecule has 19 heavy (non-hydrogen) atoms. The number of piperidine rings is 1. The topological polar surface area (TPSA) is 35.8 Å². The summed E-state index contributed by atoms with van der Waals surface area (Å²) in [5.74, 6) is 0.817. The molecule has 2 aromatic rings. The third kappa shape index (κ3) is 2.77. The van der Waals surface area contributed by atoms with Gasteiger partial charge in [0.1, 0.15) is 0 Å². The molecule has 96 valence electrons. The maximum atomic E-state index is 8.91. The molecule has 0 unspecified atom stereocenters. The molecule has 1 aliphatic heterocycles. The summed E-state index contributed by atoms with van der Waals surface area (Å²) in [6.07, 6.45) is 3.74. The van der Waals surface area contributed by atoms with E-state index in [9.17, 15) is 0 Å². The molecule has 0 aliphatic carbocycles. The van der Waals surface area contributed by atoms with Crippen molar-refractivity contribution in [3.8, 4) is 6.07 Å². The third-order valence-corrected chi connectivity index (χ3v) is 4.02. The van der Waals surface area contributed by atoms with Crippen LogP contribution in [0.1, 0.15) is 24.0 Å². The fraction of sp³-hybridized carbons (Fsp3) is 0.353. The summed E-state index contributed by atoms with van der Waals surface area (Å²) in [5, 5.41) is 14.7. The maximum absolute atomic E-state index is 8.91. The molecule has 1 aliphatic rings. The number of hydrogen-bond donors (Lipinski definition) is 1. The minimum Gasteiger partial charge on any atom is -0.317 e. The van der Waals surface area contributed by atoms with Gasteiger partial charge in [0.25, 0.3) is 0 Å². The molecule has 1 N–H and O–H groups in total. The van der Waals surface area contributed by atoms with Crippen molar-refractivity contribution in [3.63, 3.8) is 0 Å². The van der Waals surface area contributed by atoms with Crippen molar-refractivity contribution >= 4 is 10.8 Å². The van der Waals surface area contributed by atoms with E-state index in [0.29, 0.717) is 0 Å². The SMILES string of the molecule is N#Cc1ccc2cc(CC3CCNCC3)ccc2c1. The van der Waals surface area contributed by atoms with Crippen molar-refractivity contribution in [2.24, 2.45) is 5.92 Å². The molecule has 0 amide bonds. The Morgan fingerprint density at radius 3 is 2.58 bits per heavy atom. The van der Waals surface area contributed by atoms with Crippen LogP contribution in [0.3, 0.4) is 0 Å². The highest BCUT2D eigenvalue weighted by Crippen LogP contribution is 2.22. The van der Waals surface area contributed by atoms with Gasteiger partial charge in [0.2, 0.25) is 0 Å². The molecule has 2 heteroatoms. The Balaban J connectivity index is 1.83. The molecule has 0 saturated carbocycles. The van der Waals surface area contributed by atoms with Crippen LogP contribution in [0.5, 0.6) is 0 Å². The summed E-state index contributed by atoms with van der Waals surface area (Å²) in [6.45, 7) is 2.31. The second-order valence-electron chi connectivity index (χ2n) is 5.41. The van der Waals surface area contributed by atoms with Gasteiger partial charge in [0.15, 0.2) is 0 Å². The summed E-state index contributed by atoms with van der Waals surface area (Å²) < 4.78 is 0. The van der Waals surface area contributed by atoms with E-state index >= 15 is 0 Å². The molecule has 2 aromatic carbocycles. The fourth-order valence-corrected chi connectivity index (χ4v) is 2.91. The minimum absolute atomic E-state index is 0.735. The van der Waals surface area contributed by atoms with Crippen molar-refractivity contribution < 1.29 is 0 Å². The first-order valence-electron chi connectivity index (χ1n) is 6.99. The summed E-state index contributed by atoms with van der Waals surface area (Å²) in [5.41, 5.74) is 2.16. The minimum atomic E-state index is 0.735. The normalized spacial score (nSPS) is 16.4. The number of benzene rings is 2. The van der Waals surface area contributed by atoms with Crippen LogP contribution in [-0.4, -0.2) is 13.1 Å². The van der Waals surface area contributed by atoms with Crippen LogP contribution in [0.4, 0.5) is 0 Å². The largest absolute Gasteiger partial charge is 0.317 e. The monoisotopic (exact) mass is 250 g/mol. The maximum Gasteiger partial charge on any atom is 0.0991 e. The van der Waals surface area contributed by atoms with Gasteiger partial charge in [-0.2, -0.15) is 5.26 Å². The number of nitriles is 1. The number of fused-ring (bicyclic) bond motifs is 1. The van der Waals surface area contributed by atoms with Gasteiger partial charge in [-0.15, -0.1) is 0 Å². The predicted octanol–water partition coefficient (Wildman–Crippen LogP) is 3.25. The highest BCUT2D eigenvalue weighted by atomic mass is 14.9. The third-order valence-electron chi connectivity index (χ3n) is 4.02. The van der Waals surface area contributed by atoms with Crippen molar-refractivity contribution in [1.29, 1.82) is 5.26 Å². The molecule has 1 fully saturated rings. The van der Waals surface area contributed by atoms with Gasteiger partial charge in [-0.05, 0) is 66.7 Å². The van der Waals surface area contributed by atoms with Gasteiger partial charge in [-0.3, -0.25) is 0 Å². The number of nitrogens with one attached hydrogen (secondary N) is 1. The van der Waals surface area contributed by atoms with Gasteiger partial charge in [-0.1, -0.05) is 24.3 Å². The molecule has 1 saturated heterocycles. The Labute approximate surface area is 114 Å². The van der Waals surface area contributed by atoms with Crippen molar-refractivity contribution in [1.82, 2.24) is 5.32 Å². The van der Waals surface area contributed by atoms with Gasteiger partial charge < -0.3 is 5.32 Å². The van der Waals surface area contributed by atoms with Crippen molar-refractivity contribution in [3.05, 3.63) is 47.5 Å². The van der Waals surface area contributed by atoms with E-state index in [0.717, 1.165) is 30.0 Å². The van der Waals surface area contributed by atoms with E-state index in [1.807, 2.05) is 12.1 Å². The quantitative estimate of drug-likeness (QED) is 0.888. The molecule has 0 spiro atoms. The molecular formula is C17H18N2. The Morgan fingerprint density at radius 2 is 1.79 bits per heavy atom. The van der Waals surface area contributed by atoms with Crippen LogP contribution >= 0.6 is 0 Å². The van der Waals surface area contributed by atoms with Gasteiger partial charge in [0.05, 0.1) is 11.6 Å². The van der Waals surface area contributed by atoms with Crippen LogP contribution < -0.4 is 5.32 Å². The summed E-state index contributed by atoms with van der Waals surface area (Å²) in [6, 6.07) is 14.7. The first-order valence-corrected chi connectivity index (χ1v) is 6.99. The van der Waals surface area contributed by atoms with Gasteiger partial charge >= 0.3 is 0 Å². The first-order chi connectivity index (χ1) is 9.35. The zero-order chi connectivity index (χ0) is 13.1. The Hall–Kier alpha value is -1.85. The molecule has 3 rings (SSSR count). The lowest BCUT2D eigenvalue weighted by Crippen LogP contribution is -2.28. The highest BCUT2D eigenvalue weighted by Gasteiger charge is 2.13. The molecule has 0 bridgehead atoms. The van der Waals surface area contributed by atoms with E-state index in [4.69, 9.17) is 5.26 Å². The second-order valence-corrected chi connectivity index (χ2v) is 5.41. The van der Waals surface area contributed by atoms with E-state index in [-0.39, 0.29) is 0 Å². The van der Waals surface area contributed by atoms with Crippen LogP contribution in [0.25, 0.3) is 10.8 Å². The number of nitrogens with zero attached hydrogens (tertiary/aromatic N) is 1. The van der Waals surface area contributed by atoms with Gasteiger partial charge in [-0.25, -0.2) is 0 Å². The van der Waals surface area contributed by atoms with Crippen LogP contribution in [0, 0.1) is 17.2 Å². The number of hydrogen-bond acceptors (Lipinski definition) is 2. The average Bonchev–Trinajstić information content (AvgIpc) is 2.48. The standard InChI is InChI=1S/C17H18N2/c18-12-15-2-4-16-10-14(1-3-17(16)11-15)9-13-5-7-19-8-6-13/h1-4,10-11,13,19H,5-9H2. The fourth-order valence-electron chi connectivity index (χ4n) is 2.91. The smallest absolute Gasteiger partial charge is 0.0991 e. The lowest BCUT2D eigenvalue weighted by Gasteiger charge is -2.22. The first kappa shape index (κ1) is 12.2. The van der Waals surface area contributed by atoms with Crippen LogP contribution in [0.15, 0.2) is 36.4 Å². The summed E-state index contributed by atoms with van der Waals surface area (Å²) in [7, 11) is 0. The number of rotatable bonds is 2. The zero-order valence-electron chi connectivity index (χ0n) is 11.0. The molecule has 2 nitrogen and oxygen atoms in total. The van der Waals surface area contributed by atoms with Crippen molar-refractivity contribution in [2.75, 3.05) is 13.1 Å². The zero-order valence-corrected chi connectivity index (χ0v) is 11.0. The van der Waals surface area contributed by atoms with E-state index < -0.39 is 0 Å². The van der Waals surface area contributed by atoms with E-state index in [1.165, 1.54) is 30.2 Å².